The third kappa shape index (κ3) is 6.57. The van der Waals surface area contributed by atoms with Crippen LogP contribution in [0.2, 0.25) is 0 Å². The van der Waals surface area contributed by atoms with Gasteiger partial charge in [0.05, 0.1) is 13.1 Å². The molecule has 2 fully saturated rings. The summed E-state index contributed by atoms with van der Waals surface area (Å²) in [5, 5.41) is 4.97. The predicted molar refractivity (Wildman–Crippen MR) is 99.7 cm³/mol. The highest BCUT2D eigenvalue weighted by Crippen LogP contribution is 2.16. The largest absolute Gasteiger partial charge is 0.339 e. The van der Waals surface area contributed by atoms with E-state index in [-0.39, 0.29) is 18.4 Å². The number of rotatable bonds is 6. The number of imide groups is 1. The zero-order valence-corrected chi connectivity index (χ0v) is 16.1. The van der Waals surface area contributed by atoms with Gasteiger partial charge in [-0.1, -0.05) is 6.92 Å². The summed E-state index contributed by atoms with van der Waals surface area (Å²) in [6.07, 6.45) is 4.24. The number of piperazine rings is 1. The fourth-order valence-electron chi connectivity index (χ4n) is 3.51. The van der Waals surface area contributed by atoms with Crippen molar-refractivity contribution in [3.8, 4) is 0 Å². The molecule has 26 heavy (non-hydrogen) atoms. The summed E-state index contributed by atoms with van der Waals surface area (Å²) in [5.74, 6) is -0.0683. The van der Waals surface area contributed by atoms with E-state index in [1.807, 2.05) is 16.7 Å². The standard InChI is InChI=1S/C18H33N5O3/c1-3-7-19-18(26)20-16(24)13-21-9-11-22(12-10-21)14-17(25)23-8-5-4-6-15(23)2/h15H,3-14H2,1-2H3,(H2,19,20,24,26)/t15-/m0/s1. The lowest BCUT2D eigenvalue weighted by molar-refractivity contribution is -0.136. The van der Waals surface area contributed by atoms with Crippen LogP contribution in [0, 0.1) is 0 Å². The minimum Gasteiger partial charge on any atom is -0.339 e. The molecule has 148 valence electrons. The molecule has 0 aromatic carbocycles. The van der Waals surface area contributed by atoms with Crippen molar-refractivity contribution in [1.82, 2.24) is 25.3 Å². The molecule has 4 amide bonds. The number of likely N-dealkylation sites (tertiary alicyclic amines) is 1. The molecule has 2 saturated heterocycles. The van der Waals surface area contributed by atoms with Crippen molar-refractivity contribution < 1.29 is 14.4 Å². The second-order valence-corrected chi connectivity index (χ2v) is 7.29. The van der Waals surface area contributed by atoms with Crippen molar-refractivity contribution in [3.05, 3.63) is 0 Å². The first-order valence-corrected chi connectivity index (χ1v) is 9.81. The van der Waals surface area contributed by atoms with Gasteiger partial charge in [-0.05, 0) is 32.6 Å². The second-order valence-electron chi connectivity index (χ2n) is 7.29. The van der Waals surface area contributed by atoms with Crippen LogP contribution in [0.1, 0.15) is 39.5 Å². The lowest BCUT2D eigenvalue weighted by Crippen LogP contribution is -2.54. The molecule has 2 aliphatic rings. The van der Waals surface area contributed by atoms with Crippen LogP contribution in [0.3, 0.4) is 0 Å². The van der Waals surface area contributed by atoms with Crippen molar-refractivity contribution >= 4 is 17.8 Å². The van der Waals surface area contributed by atoms with Crippen LogP contribution in [0.15, 0.2) is 0 Å². The van der Waals surface area contributed by atoms with Gasteiger partial charge in [0.2, 0.25) is 11.8 Å². The molecule has 0 radical (unpaired) electrons. The molecular formula is C18H33N5O3. The Hall–Kier alpha value is -1.67. The van der Waals surface area contributed by atoms with Crippen LogP contribution in [0.25, 0.3) is 0 Å². The van der Waals surface area contributed by atoms with E-state index >= 15 is 0 Å². The van der Waals surface area contributed by atoms with E-state index in [1.165, 1.54) is 6.42 Å². The van der Waals surface area contributed by atoms with Crippen LogP contribution in [-0.2, 0) is 9.59 Å². The summed E-state index contributed by atoms with van der Waals surface area (Å²) in [6.45, 7) is 9.19. The number of carbonyl (C=O) groups excluding carboxylic acids is 3. The molecule has 2 N–H and O–H groups in total. The molecule has 0 saturated carbocycles. The normalized spacial score (nSPS) is 22.1. The van der Waals surface area contributed by atoms with Crippen LogP contribution >= 0.6 is 0 Å². The van der Waals surface area contributed by atoms with Gasteiger partial charge in [-0.2, -0.15) is 0 Å². The highest BCUT2D eigenvalue weighted by molar-refractivity contribution is 5.95. The quantitative estimate of drug-likeness (QED) is 0.703. The monoisotopic (exact) mass is 367 g/mol. The Kier molecular flexibility index (Phi) is 8.31. The molecule has 1 atom stereocenters. The summed E-state index contributed by atoms with van der Waals surface area (Å²) in [5.41, 5.74) is 0. The number of piperidine rings is 1. The zero-order chi connectivity index (χ0) is 18.9. The van der Waals surface area contributed by atoms with Gasteiger partial charge in [0.25, 0.3) is 0 Å². The fourth-order valence-corrected chi connectivity index (χ4v) is 3.51. The molecule has 0 bridgehead atoms. The third-order valence-corrected chi connectivity index (χ3v) is 5.10. The van der Waals surface area contributed by atoms with E-state index in [2.05, 4.69) is 22.5 Å². The third-order valence-electron chi connectivity index (χ3n) is 5.10. The van der Waals surface area contributed by atoms with Crippen molar-refractivity contribution in [2.24, 2.45) is 0 Å². The first-order valence-electron chi connectivity index (χ1n) is 9.81. The minimum absolute atomic E-state index is 0.213. The van der Waals surface area contributed by atoms with Gasteiger partial charge in [-0.15, -0.1) is 0 Å². The molecule has 0 aromatic rings. The average molecular weight is 367 g/mol. The molecule has 2 aliphatic heterocycles. The number of nitrogens with one attached hydrogen (secondary N) is 2. The SMILES string of the molecule is CCCNC(=O)NC(=O)CN1CCN(CC(=O)N2CCCC[C@@H]2C)CC1. The summed E-state index contributed by atoms with van der Waals surface area (Å²) < 4.78 is 0. The topological polar surface area (TPSA) is 85.0 Å². The maximum Gasteiger partial charge on any atom is 0.321 e. The van der Waals surface area contributed by atoms with Crippen LogP contribution in [0.5, 0.6) is 0 Å². The van der Waals surface area contributed by atoms with Crippen molar-refractivity contribution in [1.29, 1.82) is 0 Å². The van der Waals surface area contributed by atoms with Crippen molar-refractivity contribution in [2.45, 2.75) is 45.6 Å². The van der Waals surface area contributed by atoms with E-state index in [9.17, 15) is 14.4 Å². The van der Waals surface area contributed by atoms with Gasteiger partial charge < -0.3 is 10.2 Å². The molecular weight excluding hydrogens is 334 g/mol. The average Bonchev–Trinajstić information content (AvgIpc) is 2.61. The number of hydrogen-bond acceptors (Lipinski definition) is 5. The van der Waals surface area contributed by atoms with E-state index in [0.717, 1.165) is 52.0 Å². The molecule has 8 nitrogen and oxygen atoms in total. The van der Waals surface area contributed by atoms with E-state index in [4.69, 9.17) is 0 Å². The highest BCUT2D eigenvalue weighted by Gasteiger charge is 2.26. The minimum atomic E-state index is -0.434. The Balaban J connectivity index is 1.66. The van der Waals surface area contributed by atoms with Gasteiger partial charge in [-0.25, -0.2) is 4.79 Å². The van der Waals surface area contributed by atoms with Crippen molar-refractivity contribution in [2.75, 3.05) is 52.4 Å². The number of nitrogens with zero attached hydrogens (tertiary/aromatic N) is 3. The Bertz CT molecular complexity index is 491. The summed E-state index contributed by atoms with van der Waals surface area (Å²) in [6, 6.07) is -0.0863. The smallest absolute Gasteiger partial charge is 0.321 e. The molecule has 0 unspecified atom stereocenters. The lowest BCUT2D eigenvalue weighted by Gasteiger charge is -2.37. The van der Waals surface area contributed by atoms with Crippen molar-refractivity contribution in [3.63, 3.8) is 0 Å². The van der Waals surface area contributed by atoms with Gasteiger partial charge >= 0.3 is 6.03 Å². The van der Waals surface area contributed by atoms with Crippen LogP contribution in [0.4, 0.5) is 4.79 Å². The number of amides is 4. The molecule has 2 heterocycles. The Morgan fingerprint density at radius 3 is 2.23 bits per heavy atom. The van der Waals surface area contributed by atoms with Gasteiger partial charge in [0.1, 0.15) is 0 Å². The first kappa shape index (κ1) is 20.6. The second kappa shape index (κ2) is 10.5. The van der Waals surface area contributed by atoms with E-state index in [1.54, 1.807) is 0 Å². The summed E-state index contributed by atoms with van der Waals surface area (Å²) in [7, 11) is 0. The Morgan fingerprint density at radius 2 is 1.62 bits per heavy atom. The van der Waals surface area contributed by atoms with Crippen LogP contribution in [-0.4, -0.2) is 90.9 Å². The Labute approximate surface area is 156 Å². The molecule has 8 heteroatoms. The van der Waals surface area contributed by atoms with Gasteiger partial charge in [0, 0.05) is 45.3 Å². The molecule has 0 spiro atoms. The van der Waals surface area contributed by atoms with E-state index < -0.39 is 6.03 Å². The van der Waals surface area contributed by atoms with Gasteiger partial charge in [-0.3, -0.25) is 24.7 Å². The number of urea groups is 1. The number of hydrogen-bond donors (Lipinski definition) is 2. The van der Waals surface area contributed by atoms with Crippen LogP contribution < -0.4 is 10.6 Å². The maximum atomic E-state index is 12.5. The predicted octanol–water partition coefficient (Wildman–Crippen LogP) is 0.241. The summed E-state index contributed by atoms with van der Waals surface area (Å²) in [4.78, 5) is 42.1. The first-order chi connectivity index (χ1) is 12.5. The fraction of sp³-hybridized carbons (Fsp3) is 0.833. The van der Waals surface area contributed by atoms with E-state index in [0.29, 0.717) is 19.1 Å². The molecule has 0 aliphatic carbocycles. The lowest BCUT2D eigenvalue weighted by atomic mass is 10.0. The zero-order valence-electron chi connectivity index (χ0n) is 16.1. The number of carbonyl (C=O) groups is 3. The van der Waals surface area contributed by atoms with Gasteiger partial charge in [0.15, 0.2) is 0 Å². The molecule has 0 aromatic heterocycles. The summed E-state index contributed by atoms with van der Waals surface area (Å²) >= 11 is 0. The highest BCUT2D eigenvalue weighted by atomic mass is 16.2. The molecule has 2 rings (SSSR count). The Morgan fingerprint density at radius 1 is 0.962 bits per heavy atom. The maximum absolute atomic E-state index is 12.5.